The van der Waals surface area contributed by atoms with Crippen LogP contribution in [0.5, 0.6) is 0 Å². The Balaban J connectivity index is 1.79. The van der Waals surface area contributed by atoms with Crippen molar-refractivity contribution in [2.45, 2.75) is 13.8 Å². The first kappa shape index (κ1) is 17.6. The minimum absolute atomic E-state index is 0.165. The van der Waals surface area contributed by atoms with Gasteiger partial charge in [-0.3, -0.25) is 4.79 Å². The van der Waals surface area contributed by atoms with E-state index in [0.717, 1.165) is 16.7 Å². The average Bonchev–Trinajstić information content (AvgIpc) is 3.27. The molecule has 0 atom stereocenters. The van der Waals surface area contributed by atoms with Gasteiger partial charge in [0.1, 0.15) is 5.69 Å². The lowest BCUT2D eigenvalue weighted by molar-refractivity contribution is -0.129. The van der Waals surface area contributed by atoms with Crippen molar-refractivity contribution in [2.24, 2.45) is 4.99 Å². The second-order valence-electron chi connectivity index (χ2n) is 6.41. The highest BCUT2D eigenvalue weighted by Gasteiger charge is 2.26. The molecule has 2 heterocycles. The van der Waals surface area contributed by atoms with Crippen LogP contribution in [0, 0.1) is 6.92 Å². The largest absolute Gasteiger partial charge is 0.402 e. The Labute approximate surface area is 161 Å². The maximum absolute atomic E-state index is 12.4. The van der Waals surface area contributed by atoms with E-state index in [1.54, 1.807) is 12.3 Å². The van der Waals surface area contributed by atoms with Crippen molar-refractivity contribution in [2.75, 3.05) is 0 Å². The summed E-state index contributed by atoms with van der Waals surface area (Å²) in [5.74, 6) is -0.484. The first-order valence-corrected chi connectivity index (χ1v) is 8.77. The second kappa shape index (κ2) is 7.08. The van der Waals surface area contributed by atoms with E-state index in [1.165, 1.54) is 11.6 Å². The van der Waals surface area contributed by atoms with Crippen molar-refractivity contribution in [3.8, 4) is 11.3 Å². The molecule has 6 heteroatoms. The van der Waals surface area contributed by atoms with Crippen LogP contribution in [0.4, 0.5) is 0 Å². The molecule has 0 saturated heterocycles. The van der Waals surface area contributed by atoms with Crippen LogP contribution in [0.2, 0.25) is 0 Å². The zero-order valence-electron chi connectivity index (χ0n) is 15.4. The predicted molar refractivity (Wildman–Crippen MR) is 106 cm³/mol. The number of aromatic nitrogens is 2. The van der Waals surface area contributed by atoms with Gasteiger partial charge in [0.05, 0.1) is 0 Å². The van der Waals surface area contributed by atoms with Gasteiger partial charge in [-0.1, -0.05) is 48.5 Å². The molecule has 0 aliphatic carbocycles. The van der Waals surface area contributed by atoms with Crippen LogP contribution in [0.3, 0.4) is 0 Å². The van der Waals surface area contributed by atoms with Gasteiger partial charge >= 0.3 is 5.97 Å². The van der Waals surface area contributed by atoms with Gasteiger partial charge in [-0.15, -0.1) is 0 Å². The van der Waals surface area contributed by atoms with Crippen molar-refractivity contribution in [3.05, 3.63) is 83.2 Å². The van der Waals surface area contributed by atoms with E-state index in [9.17, 15) is 9.59 Å². The Morgan fingerprint density at radius 3 is 2.50 bits per heavy atom. The third-order valence-corrected chi connectivity index (χ3v) is 4.40. The number of carbonyl (C=O) groups excluding carboxylic acids is 2. The number of benzene rings is 2. The summed E-state index contributed by atoms with van der Waals surface area (Å²) in [6.45, 7) is 3.36. The van der Waals surface area contributed by atoms with Crippen LogP contribution in [0.15, 0.2) is 71.5 Å². The van der Waals surface area contributed by atoms with E-state index in [4.69, 9.17) is 4.74 Å². The molecule has 0 saturated carbocycles. The topological polar surface area (TPSA) is 73.6 Å². The van der Waals surface area contributed by atoms with Crippen LogP contribution < -0.4 is 0 Å². The molecule has 0 radical (unpaired) electrons. The number of carbonyl (C=O) groups is 2. The predicted octanol–water partition coefficient (Wildman–Crippen LogP) is 3.86. The SMILES string of the molecule is CC(=O)n1cc(/C=C2\N=C(c3ccccc3C)OC2=O)c(-c2ccccc2)n1. The summed E-state index contributed by atoms with van der Waals surface area (Å²) in [6, 6.07) is 17.0. The van der Waals surface area contributed by atoms with Gasteiger partial charge in [-0.25, -0.2) is 14.5 Å². The Hall–Kier alpha value is -3.80. The Morgan fingerprint density at radius 1 is 1.07 bits per heavy atom. The average molecular weight is 371 g/mol. The monoisotopic (exact) mass is 371 g/mol. The van der Waals surface area contributed by atoms with Crippen LogP contribution in [0.25, 0.3) is 17.3 Å². The molecule has 0 N–H and O–H groups in total. The van der Waals surface area contributed by atoms with Crippen molar-refractivity contribution in [1.29, 1.82) is 0 Å². The van der Waals surface area contributed by atoms with Gasteiger partial charge in [0, 0.05) is 29.8 Å². The molecule has 0 amide bonds. The summed E-state index contributed by atoms with van der Waals surface area (Å²) < 4.78 is 6.61. The highest BCUT2D eigenvalue weighted by atomic mass is 16.6. The second-order valence-corrected chi connectivity index (χ2v) is 6.41. The van der Waals surface area contributed by atoms with Crippen molar-refractivity contribution in [3.63, 3.8) is 0 Å². The molecule has 138 valence electrons. The summed E-state index contributed by atoms with van der Waals surface area (Å²) in [6.07, 6.45) is 3.19. The lowest BCUT2D eigenvalue weighted by Gasteiger charge is -2.02. The summed E-state index contributed by atoms with van der Waals surface area (Å²) in [7, 11) is 0. The zero-order chi connectivity index (χ0) is 19.7. The minimum Gasteiger partial charge on any atom is -0.402 e. The maximum Gasteiger partial charge on any atom is 0.363 e. The molecule has 0 spiro atoms. The smallest absolute Gasteiger partial charge is 0.363 e. The fraction of sp³-hybridized carbons (Fsp3) is 0.0909. The molecule has 2 aromatic carbocycles. The fourth-order valence-electron chi connectivity index (χ4n) is 2.96. The van der Waals surface area contributed by atoms with E-state index >= 15 is 0 Å². The standard InChI is InChI=1S/C22H17N3O3/c1-14-8-6-7-11-18(14)21-23-19(22(27)28-21)12-17-13-25(15(2)26)24-20(17)16-9-4-3-5-10-16/h3-13H,1-2H3/b19-12-. The molecule has 1 aliphatic heterocycles. The van der Waals surface area contributed by atoms with Crippen LogP contribution in [-0.4, -0.2) is 27.6 Å². The molecule has 28 heavy (non-hydrogen) atoms. The first-order valence-electron chi connectivity index (χ1n) is 8.77. The van der Waals surface area contributed by atoms with Gasteiger partial charge < -0.3 is 4.74 Å². The number of ether oxygens (including phenoxy) is 1. The van der Waals surface area contributed by atoms with E-state index in [2.05, 4.69) is 10.1 Å². The maximum atomic E-state index is 12.4. The number of rotatable bonds is 3. The molecule has 0 fully saturated rings. The number of aryl methyl sites for hydroxylation is 1. The van der Waals surface area contributed by atoms with E-state index in [0.29, 0.717) is 11.3 Å². The Morgan fingerprint density at radius 2 is 1.79 bits per heavy atom. The quantitative estimate of drug-likeness (QED) is 0.518. The van der Waals surface area contributed by atoms with Crippen molar-refractivity contribution >= 4 is 23.9 Å². The highest BCUT2D eigenvalue weighted by molar-refractivity contribution is 6.13. The number of hydrogen-bond donors (Lipinski definition) is 0. The van der Waals surface area contributed by atoms with Gasteiger partial charge in [-0.05, 0) is 24.6 Å². The number of esters is 1. The lowest BCUT2D eigenvalue weighted by atomic mass is 10.1. The molecule has 6 nitrogen and oxygen atoms in total. The lowest BCUT2D eigenvalue weighted by Crippen LogP contribution is -2.06. The fourth-order valence-corrected chi connectivity index (χ4v) is 2.96. The van der Waals surface area contributed by atoms with Crippen molar-refractivity contribution < 1.29 is 14.3 Å². The Bertz CT molecular complexity index is 1140. The molecule has 4 rings (SSSR count). The molecular formula is C22H17N3O3. The highest BCUT2D eigenvalue weighted by Crippen LogP contribution is 2.27. The number of nitrogens with zero attached hydrogens (tertiary/aromatic N) is 3. The number of cyclic esters (lactones) is 1. The van der Waals surface area contributed by atoms with Crippen LogP contribution in [0.1, 0.15) is 28.4 Å². The van der Waals surface area contributed by atoms with E-state index in [-0.39, 0.29) is 17.5 Å². The molecule has 0 unspecified atom stereocenters. The van der Waals surface area contributed by atoms with E-state index < -0.39 is 5.97 Å². The molecule has 3 aromatic rings. The van der Waals surface area contributed by atoms with Gasteiger partial charge in [0.2, 0.25) is 11.8 Å². The summed E-state index contributed by atoms with van der Waals surface area (Å²) in [5, 5.41) is 4.36. The van der Waals surface area contributed by atoms with Gasteiger partial charge in [-0.2, -0.15) is 5.10 Å². The van der Waals surface area contributed by atoms with Gasteiger partial charge in [0.15, 0.2) is 5.70 Å². The van der Waals surface area contributed by atoms with Gasteiger partial charge in [0.25, 0.3) is 0 Å². The van der Waals surface area contributed by atoms with Crippen LogP contribution in [-0.2, 0) is 9.53 Å². The molecule has 0 bridgehead atoms. The zero-order valence-corrected chi connectivity index (χ0v) is 15.4. The summed E-state index contributed by atoms with van der Waals surface area (Å²) in [5.41, 5.74) is 3.94. The number of hydrogen-bond acceptors (Lipinski definition) is 5. The van der Waals surface area contributed by atoms with E-state index in [1.807, 2.05) is 61.5 Å². The minimum atomic E-state index is -0.534. The third-order valence-electron chi connectivity index (χ3n) is 4.40. The number of aliphatic imine (C=N–C) groups is 1. The van der Waals surface area contributed by atoms with Crippen LogP contribution >= 0.6 is 0 Å². The molecular weight excluding hydrogens is 354 g/mol. The molecule has 1 aliphatic rings. The summed E-state index contributed by atoms with van der Waals surface area (Å²) >= 11 is 0. The normalized spacial score (nSPS) is 14.9. The molecule has 1 aromatic heterocycles. The first-order chi connectivity index (χ1) is 13.5. The Kier molecular flexibility index (Phi) is 4.45. The van der Waals surface area contributed by atoms with Crippen molar-refractivity contribution in [1.82, 2.24) is 9.78 Å². The summed E-state index contributed by atoms with van der Waals surface area (Å²) in [4.78, 5) is 28.5. The third kappa shape index (κ3) is 3.27.